The van der Waals surface area contributed by atoms with E-state index in [1.54, 1.807) is 13.0 Å². The van der Waals surface area contributed by atoms with Crippen LogP contribution in [-0.4, -0.2) is 37.8 Å². The molecule has 2 atom stereocenters. The molecule has 2 aromatic rings. The molecular formula is C15H16F3N6O2S2-. The second-order valence-electron chi connectivity index (χ2n) is 6.14. The first kappa shape index (κ1) is 20.6. The molecule has 2 heterocycles. The number of alkyl halides is 3. The lowest BCUT2D eigenvalue weighted by Gasteiger charge is -2.31. The summed E-state index contributed by atoms with van der Waals surface area (Å²) in [5.41, 5.74) is -0.377. The summed E-state index contributed by atoms with van der Waals surface area (Å²) in [6.07, 6.45) is -3.33. The van der Waals surface area contributed by atoms with E-state index in [9.17, 15) is 21.9 Å². The number of rotatable bonds is 5. The average molecular weight is 433 g/mol. The Bertz CT molecular complexity index is 904. The van der Waals surface area contributed by atoms with Crippen LogP contribution in [0.1, 0.15) is 24.8 Å². The molecule has 1 aromatic heterocycles. The predicted molar refractivity (Wildman–Crippen MR) is 98.8 cm³/mol. The Labute approximate surface area is 165 Å². The molecule has 0 radical (unpaired) electrons. The molecule has 1 saturated heterocycles. The maximum atomic E-state index is 13.4. The van der Waals surface area contributed by atoms with E-state index >= 15 is 0 Å². The van der Waals surface area contributed by atoms with Gasteiger partial charge >= 0.3 is 6.30 Å². The fourth-order valence-corrected chi connectivity index (χ4v) is 3.96. The van der Waals surface area contributed by atoms with Crippen LogP contribution in [0.15, 0.2) is 28.4 Å². The number of hydrogen-bond donors (Lipinski definition) is 0. The van der Waals surface area contributed by atoms with Gasteiger partial charge in [0, 0.05) is 18.3 Å². The third-order valence-corrected chi connectivity index (χ3v) is 5.63. The molecule has 8 nitrogen and oxygen atoms in total. The van der Waals surface area contributed by atoms with Gasteiger partial charge in [0.15, 0.2) is 0 Å². The highest BCUT2D eigenvalue weighted by atomic mass is 32.2. The van der Waals surface area contributed by atoms with Crippen LogP contribution in [0.25, 0.3) is 0 Å². The lowest BCUT2D eigenvalue weighted by molar-refractivity contribution is -0.115. The quantitative estimate of drug-likeness (QED) is 0.396. The summed E-state index contributed by atoms with van der Waals surface area (Å²) in [5.74, 6) is 0. The SMILES string of the molecule is Cc1nnc(N=Nc2ccc(N3CCCC3C)cc2N(S(=O)[O-])C(F)(F)F)s1. The molecular weight excluding hydrogens is 417 g/mol. The van der Waals surface area contributed by atoms with Crippen LogP contribution < -0.4 is 9.21 Å². The summed E-state index contributed by atoms with van der Waals surface area (Å²) in [4.78, 5) is 1.93. The molecule has 0 amide bonds. The standard InChI is InChI=1S/C15H17F3N6O2S2/c1-9-4-3-7-23(9)11-5-6-12(20-22-14-21-19-10(2)27-14)13(8-11)24(28(25)26)15(16,17)18/h5-6,8-9H,3-4,7H2,1-2H3,(H,25,26)/p-1. The Balaban J connectivity index is 2.07. The molecule has 0 saturated carbocycles. The summed E-state index contributed by atoms with van der Waals surface area (Å²) < 4.78 is 62.3. The van der Waals surface area contributed by atoms with E-state index in [1.165, 1.54) is 12.1 Å². The topological polar surface area (TPSA) is 97.1 Å². The summed E-state index contributed by atoms with van der Waals surface area (Å²) in [6, 6.07) is 4.23. The monoisotopic (exact) mass is 433 g/mol. The molecule has 13 heteroatoms. The van der Waals surface area contributed by atoms with Crippen molar-refractivity contribution >= 4 is 44.8 Å². The van der Waals surface area contributed by atoms with E-state index in [0.717, 1.165) is 24.2 Å². The predicted octanol–water partition coefficient (Wildman–Crippen LogP) is 4.37. The van der Waals surface area contributed by atoms with Crippen LogP contribution >= 0.6 is 11.3 Å². The van der Waals surface area contributed by atoms with Crippen molar-refractivity contribution in [3.05, 3.63) is 23.2 Å². The number of aromatic nitrogens is 2. The highest BCUT2D eigenvalue weighted by Gasteiger charge is 2.40. The van der Waals surface area contributed by atoms with Gasteiger partial charge in [-0.25, -0.2) is 4.31 Å². The minimum absolute atomic E-state index is 0.141. The van der Waals surface area contributed by atoms with Gasteiger partial charge in [0.25, 0.3) is 5.13 Å². The highest BCUT2D eigenvalue weighted by molar-refractivity contribution is 7.80. The van der Waals surface area contributed by atoms with Crippen molar-refractivity contribution in [3.63, 3.8) is 0 Å². The lowest BCUT2D eigenvalue weighted by Crippen LogP contribution is -2.39. The molecule has 1 aliphatic rings. The number of nitrogens with zero attached hydrogens (tertiary/aromatic N) is 6. The van der Waals surface area contributed by atoms with E-state index in [1.807, 2.05) is 11.8 Å². The number of anilines is 2. The zero-order valence-corrected chi connectivity index (χ0v) is 16.5. The smallest absolute Gasteiger partial charge is 0.495 e. The van der Waals surface area contributed by atoms with Crippen LogP contribution in [0.4, 0.5) is 35.4 Å². The van der Waals surface area contributed by atoms with Gasteiger partial charge in [-0.05, 0) is 44.9 Å². The Hall–Kier alpha value is -2.12. The van der Waals surface area contributed by atoms with Crippen molar-refractivity contribution in [2.24, 2.45) is 10.2 Å². The molecule has 1 fully saturated rings. The Morgan fingerprint density at radius 1 is 1.36 bits per heavy atom. The lowest BCUT2D eigenvalue weighted by atomic mass is 10.2. The summed E-state index contributed by atoms with van der Waals surface area (Å²) >= 11 is -2.48. The number of hydrogen-bond acceptors (Lipinski definition) is 8. The zero-order chi connectivity index (χ0) is 20.5. The van der Waals surface area contributed by atoms with E-state index in [4.69, 9.17) is 0 Å². The largest absolute Gasteiger partial charge is 0.755 e. The molecule has 0 spiro atoms. The second kappa shape index (κ2) is 8.09. The van der Waals surface area contributed by atoms with Crippen molar-refractivity contribution in [3.8, 4) is 0 Å². The van der Waals surface area contributed by atoms with Crippen LogP contribution in [0.3, 0.4) is 0 Å². The fraction of sp³-hybridized carbons (Fsp3) is 0.467. The van der Waals surface area contributed by atoms with Gasteiger partial charge in [0.05, 0.1) is 17.0 Å². The van der Waals surface area contributed by atoms with E-state index in [0.29, 0.717) is 17.2 Å². The Morgan fingerprint density at radius 3 is 2.64 bits per heavy atom. The molecule has 0 aliphatic carbocycles. The van der Waals surface area contributed by atoms with E-state index < -0.39 is 27.6 Å². The van der Waals surface area contributed by atoms with Gasteiger partial charge in [-0.15, -0.1) is 33.6 Å². The number of aryl methyl sites for hydroxylation is 1. The zero-order valence-electron chi connectivity index (χ0n) is 14.9. The van der Waals surface area contributed by atoms with Gasteiger partial charge in [-0.3, -0.25) is 4.21 Å². The van der Waals surface area contributed by atoms with Crippen LogP contribution in [0, 0.1) is 6.92 Å². The number of azo groups is 1. The maximum Gasteiger partial charge on any atom is 0.495 e. The van der Waals surface area contributed by atoms with Crippen LogP contribution in [0.5, 0.6) is 0 Å². The van der Waals surface area contributed by atoms with Gasteiger partial charge in [-0.2, -0.15) is 0 Å². The van der Waals surface area contributed by atoms with Crippen LogP contribution in [0.2, 0.25) is 0 Å². The number of benzene rings is 1. The molecule has 0 bridgehead atoms. The Morgan fingerprint density at radius 2 is 2.11 bits per heavy atom. The minimum Gasteiger partial charge on any atom is -0.755 e. The third-order valence-electron chi connectivity index (χ3n) is 4.20. The second-order valence-corrected chi connectivity index (χ2v) is 8.10. The molecule has 3 rings (SSSR count). The van der Waals surface area contributed by atoms with Crippen molar-refractivity contribution in [2.45, 2.75) is 39.0 Å². The van der Waals surface area contributed by atoms with Gasteiger partial charge < -0.3 is 9.45 Å². The molecule has 28 heavy (non-hydrogen) atoms. The highest BCUT2D eigenvalue weighted by Crippen LogP contribution is 2.41. The van der Waals surface area contributed by atoms with Crippen molar-refractivity contribution in [1.29, 1.82) is 0 Å². The van der Waals surface area contributed by atoms with Crippen molar-refractivity contribution in [2.75, 3.05) is 15.7 Å². The molecule has 1 aliphatic heterocycles. The van der Waals surface area contributed by atoms with Crippen molar-refractivity contribution in [1.82, 2.24) is 10.2 Å². The first-order chi connectivity index (χ1) is 13.2. The average Bonchev–Trinajstić information content (AvgIpc) is 3.20. The third kappa shape index (κ3) is 4.47. The summed E-state index contributed by atoms with van der Waals surface area (Å²) in [6.45, 7) is 4.34. The van der Waals surface area contributed by atoms with Gasteiger partial charge in [0.2, 0.25) is 0 Å². The van der Waals surface area contributed by atoms with E-state index in [-0.39, 0.29) is 16.9 Å². The maximum absolute atomic E-state index is 13.4. The first-order valence-corrected chi connectivity index (χ1v) is 10.1. The molecule has 0 N–H and O–H groups in total. The fourth-order valence-electron chi connectivity index (χ4n) is 2.98. The molecule has 152 valence electrons. The molecule has 1 aromatic carbocycles. The van der Waals surface area contributed by atoms with Crippen molar-refractivity contribution < 1.29 is 21.9 Å². The van der Waals surface area contributed by atoms with Gasteiger partial charge in [0.1, 0.15) is 10.7 Å². The first-order valence-electron chi connectivity index (χ1n) is 8.25. The summed E-state index contributed by atoms with van der Waals surface area (Å²) in [7, 11) is 0. The van der Waals surface area contributed by atoms with Crippen LogP contribution in [-0.2, 0) is 11.3 Å². The van der Waals surface area contributed by atoms with Gasteiger partial charge in [-0.1, -0.05) is 11.3 Å². The van der Waals surface area contributed by atoms with E-state index in [2.05, 4.69) is 20.4 Å². The Kier molecular flexibility index (Phi) is 5.95. The minimum atomic E-state index is -5.15. The summed E-state index contributed by atoms with van der Waals surface area (Å²) in [5, 5.41) is 15.8. The number of halogens is 3. The normalized spacial score (nSPS) is 18.8. The molecule has 2 unspecified atom stereocenters.